The zero-order chi connectivity index (χ0) is 13.9. The minimum absolute atomic E-state index is 0.132. The van der Waals surface area contributed by atoms with Crippen molar-refractivity contribution in [2.45, 2.75) is 13.0 Å². The second-order valence-corrected chi connectivity index (χ2v) is 5.45. The number of thiophene rings is 1. The monoisotopic (exact) mass is 285 g/mol. The van der Waals surface area contributed by atoms with Gasteiger partial charge in [-0.15, -0.1) is 11.3 Å². The van der Waals surface area contributed by atoms with Crippen LogP contribution < -0.4 is 10.1 Å². The molecule has 1 unspecified atom stereocenters. The molecule has 1 N–H and O–H groups in total. The topological polar surface area (TPSA) is 47.0 Å². The van der Waals surface area contributed by atoms with Crippen molar-refractivity contribution in [1.29, 1.82) is 0 Å². The Labute approximate surface area is 121 Å². The molecule has 3 rings (SSSR count). The number of nitrogens with one attached hydrogen (secondary N) is 1. The number of hydrogen-bond donors (Lipinski definition) is 1. The van der Waals surface area contributed by atoms with Crippen molar-refractivity contribution in [2.75, 3.05) is 12.4 Å². The van der Waals surface area contributed by atoms with Gasteiger partial charge in [-0.05, 0) is 42.1 Å². The molecule has 4 nitrogen and oxygen atoms in total. The maximum absolute atomic E-state index is 5.25. The van der Waals surface area contributed by atoms with E-state index in [-0.39, 0.29) is 6.04 Å². The van der Waals surface area contributed by atoms with E-state index in [1.807, 2.05) is 24.4 Å². The van der Waals surface area contributed by atoms with Crippen LogP contribution in [-0.4, -0.2) is 17.1 Å². The highest BCUT2D eigenvalue weighted by atomic mass is 32.1. The Kier molecular flexibility index (Phi) is 3.52. The van der Waals surface area contributed by atoms with E-state index in [0.29, 0.717) is 5.88 Å². The van der Waals surface area contributed by atoms with Crippen LogP contribution in [0.25, 0.3) is 10.2 Å². The SMILES string of the molecule is COc1ncccc1NC(C)c1cnc2ccsc2c1. The molecule has 0 aromatic carbocycles. The maximum Gasteiger partial charge on any atom is 0.237 e. The third-order valence-corrected chi connectivity index (χ3v) is 4.01. The van der Waals surface area contributed by atoms with Crippen LogP contribution in [0.15, 0.2) is 42.0 Å². The number of aromatic nitrogens is 2. The van der Waals surface area contributed by atoms with Crippen LogP contribution in [0.2, 0.25) is 0 Å². The second-order valence-electron chi connectivity index (χ2n) is 4.50. The van der Waals surface area contributed by atoms with Gasteiger partial charge in [0, 0.05) is 12.4 Å². The van der Waals surface area contributed by atoms with Crippen LogP contribution in [0.1, 0.15) is 18.5 Å². The number of anilines is 1. The predicted molar refractivity (Wildman–Crippen MR) is 82.4 cm³/mol. The lowest BCUT2D eigenvalue weighted by Crippen LogP contribution is -2.08. The fourth-order valence-electron chi connectivity index (χ4n) is 2.08. The van der Waals surface area contributed by atoms with Gasteiger partial charge in [-0.25, -0.2) is 4.98 Å². The van der Waals surface area contributed by atoms with Gasteiger partial charge in [-0.1, -0.05) is 0 Å². The molecule has 0 fully saturated rings. The van der Waals surface area contributed by atoms with E-state index in [0.717, 1.165) is 16.8 Å². The lowest BCUT2D eigenvalue weighted by Gasteiger charge is -2.16. The van der Waals surface area contributed by atoms with E-state index in [1.165, 1.54) is 4.70 Å². The zero-order valence-corrected chi connectivity index (χ0v) is 12.1. The first-order chi connectivity index (χ1) is 9.78. The Hall–Kier alpha value is -2.14. The van der Waals surface area contributed by atoms with Gasteiger partial charge in [0.1, 0.15) is 0 Å². The molecule has 1 atom stereocenters. The molecule has 0 aliphatic rings. The molecular weight excluding hydrogens is 270 g/mol. The van der Waals surface area contributed by atoms with Crippen LogP contribution in [-0.2, 0) is 0 Å². The Morgan fingerprint density at radius 3 is 3.05 bits per heavy atom. The largest absolute Gasteiger partial charge is 0.480 e. The van der Waals surface area contributed by atoms with Gasteiger partial charge in [0.2, 0.25) is 5.88 Å². The molecule has 20 heavy (non-hydrogen) atoms. The van der Waals surface area contributed by atoms with E-state index in [1.54, 1.807) is 24.6 Å². The standard InChI is InChI=1S/C15H15N3OS/c1-10(18-13-4-3-6-16-15(13)19-2)11-8-14-12(17-9-11)5-7-20-14/h3-10,18H,1-2H3. The van der Waals surface area contributed by atoms with Gasteiger partial charge in [-0.3, -0.25) is 4.98 Å². The van der Waals surface area contributed by atoms with Crippen molar-refractivity contribution in [3.05, 3.63) is 47.6 Å². The van der Waals surface area contributed by atoms with Crippen LogP contribution >= 0.6 is 11.3 Å². The lowest BCUT2D eigenvalue weighted by molar-refractivity contribution is 0.399. The quantitative estimate of drug-likeness (QED) is 0.790. The Morgan fingerprint density at radius 1 is 1.30 bits per heavy atom. The average Bonchev–Trinajstić information content (AvgIpc) is 2.95. The first-order valence-electron chi connectivity index (χ1n) is 6.36. The fraction of sp³-hybridized carbons (Fsp3) is 0.200. The predicted octanol–water partition coefficient (Wildman–Crippen LogP) is 3.87. The van der Waals surface area contributed by atoms with E-state index in [9.17, 15) is 0 Å². The van der Waals surface area contributed by atoms with E-state index >= 15 is 0 Å². The summed E-state index contributed by atoms with van der Waals surface area (Å²) in [6, 6.07) is 8.18. The van der Waals surface area contributed by atoms with Crippen molar-refractivity contribution in [2.24, 2.45) is 0 Å². The highest BCUT2D eigenvalue weighted by molar-refractivity contribution is 7.17. The molecule has 5 heteroatoms. The van der Waals surface area contributed by atoms with Gasteiger partial charge in [0.15, 0.2) is 0 Å². The average molecular weight is 285 g/mol. The smallest absolute Gasteiger partial charge is 0.237 e. The molecule has 0 spiro atoms. The summed E-state index contributed by atoms with van der Waals surface area (Å²) in [6.07, 6.45) is 3.63. The van der Waals surface area contributed by atoms with Crippen LogP contribution in [0.4, 0.5) is 5.69 Å². The van der Waals surface area contributed by atoms with E-state index in [4.69, 9.17) is 4.74 Å². The highest BCUT2D eigenvalue weighted by Gasteiger charge is 2.10. The van der Waals surface area contributed by atoms with E-state index < -0.39 is 0 Å². The number of fused-ring (bicyclic) bond motifs is 1. The summed E-state index contributed by atoms with van der Waals surface area (Å²) in [4.78, 5) is 8.66. The fourth-order valence-corrected chi connectivity index (χ4v) is 2.87. The first-order valence-corrected chi connectivity index (χ1v) is 7.24. The number of pyridine rings is 2. The molecule has 0 bridgehead atoms. The van der Waals surface area contributed by atoms with Gasteiger partial charge in [-0.2, -0.15) is 0 Å². The summed E-state index contributed by atoms with van der Waals surface area (Å²) in [5.74, 6) is 0.601. The molecule has 0 aliphatic heterocycles. The van der Waals surface area contributed by atoms with Crippen LogP contribution in [0.5, 0.6) is 5.88 Å². The third-order valence-electron chi connectivity index (χ3n) is 3.16. The normalized spacial score (nSPS) is 12.3. The molecule has 3 aromatic rings. The third kappa shape index (κ3) is 2.44. The minimum Gasteiger partial charge on any atom is -0.480 e. The van der Waals surface area contributed by atoms with Crippen molar-refractivity contribution < 1.29 is 4.74 Å². The van der Waals surface area contributed by atoms with Crippen molar-refractivity contribution in [3.63, 3.8) is 0 Å². The number of hydrogen-bond acceptors (Lipinski definition) is 5. The number of methoxy groups -OCH3 is 1. The Bertz CT molecular complexity index is 726. The van der Waals surface area contributed by atoms with Gasteiger partial charge in [0.05, 0.1) is 29.1 Å². The van der Waals surface area contributed by atoms with Crippen molar-refractivity contribution in [1.82, 2.24) is 9.97 Å². The summed E-state index contributed by atoms with van der Waals surface area (Å²) in [7, 11) is 1.62. The summed E-state index contributed by atoms with van der Waals surface area (Å²) in [6.45, 7) is 2.10. The zero-order valence-electron chi connectivity index (χ0n) is 11.3. The second kappa shape index (κ2) is 5.46. The number of rotatable bonds is 4. The molecule has 0 radical (unpaired) electrons. The molecule has 0 aliphatic carbocycles. The maximum atomic E-state index is 5.25. The molecule has 0 saturated heterocycles. The molecular formula is C15H15N3OS. The number of ether oxygens (including phenoxy) is 1. The van der Waals surface area contributed by atoms with Gasteiger partial charge in [0.25, 0.3) is 0 Å². The van der Waals surface area contributed by atoms with Crippen LogP contribution in [0, 0.1) is 0 Å². The van der Waals surface area contributed by atoms with E-state index in [2.05, 4.69) is 33.7 Å². The highest BCUT2D eigenvalue weighted by Crippen LogP contribution is 2.27. The Morgan fingerprint density at radius 2 is 2.20 bits per heavy atom. The Balaban J connectivity index is 1.86. The summed E-state index contributed by atoms with van der Waals surface area (Å²) in [5.41, 5.74) is 3.07. The molecule has 3 heterocycles. The van der Waals surface area contributed by atoms with Crippen molar-refractivity contribution >= 4 is 27.2 Å². The lowest BCUT2D eigenvalue weighted by atomic mass is 10.1. The summed E-state index contributed by atoms with van der Waals surface area (Å²) < 4.78 is 6.46. The molecule has 3 aromatic heterocycles. The minimum atomic E-state index is 0.132. The molecule has 102 valence electrons. The van der Waals surface area contributed by atoms with Crippen molar-refractivity contribution in [3.8, 4) is 5.88 Å². The van der Waals surface area contributed by atoms with Gasteiger partial charge >= 0.3 is 0 Å². The molecule has 0 amide bonds. The summed E-state index contributed by atoms with van der Waals surface area (Å²) in [5, 5.41) is 5.47. The first kappa shape index (κ1) is 12.9. The molecule has 0 saturated carbocycles. The summed E-state index contributed by atoms with van der Waals surface area (Å²) >= 11 is 1.71. The van der Waals surface area contributed by atoms with Gasteiger partial charge < -0.3 is 10.1 Å². The van der Waals surface area contributed by atoms with Crippen LogP contribution in [0.3, 0.4) is 0 Å². The number of nitrogens with zero attached hydrogens (tertiary/aromatic N) is 2.